The second kappa shape index (κ2) is 11.2. The first-order valence-corrected chi connectivity index (χ1v) is 7.43. The number of hydrogen-bond donors (Lipinski definition) is 2. The van der Waals surface area contributed by atoms with Crippen LogP contribution in [0.4, 0.5) is 11.4 Å². The molecule has 0 aliphatic rings. The molecule has 2 N–H and O–H groups in total. The number of carboxylic acids is 1. The molecule has 1 amide bonds. The Labute approximate surface area is 151 Å². The number of aliphatic carboxylic acids is 1. The number of nitrogens with zero attached hydrogens (tertiary/aromatic N) is 2. The van der Waals surface area contributed by atoms with Gasteiger partial charge in [-0.1, -0.05) is 6.92 Å². The van der Waals surface area contributed by atoms with Crippen LogP contribution in [0.5, 0.6) is 5.75 Å². The lowest BCUT2D eigenvalue weighted by Gasteiger charge is -2.18. The number of rotatable bonds is 10. The van der Waals surface area contributed by atoms with Gasteiger partial charge in [-0.2, -0.15) is 0 Å². The minimum Gasteiger partial charge on any atom is -0.496 e. The average Bonchev–Trinajstić information content (AvgIpc) is 2.52. The number of amides is 1. The monoisotopic (exact) mass is 375 g/mol. The van der Waals surface area contributed by atoms with E-state index in [4.69, 9.17) is 9.84 Å². The molecule has 0 aromatic heterocycles. The number of anilines is 1. The second-order valence-electron chi connectivity index (χ2n) is 5.11. The fraction of sp³-hybridized carbons (Fsp3) is 0.467. The Morgan fingerprint density at radius 3 is 2.56 bits per heavy atom. The maximum Gasteiger partial charge on any atom is 0.317 e. The Bertz CT molecular complexity index is 611. The summed E-state index contributed by atoms with van der Waals surface area (Å²) in [6.07, 6.45) is 0.801. The number of carbonyl (C=O) groups excluding carboxylic acids is 1. The molecular formula is C15H22ClN3O6. The number of halogens is 1. The first-order valence-electron chi connectivity index (χ1n) is 7.43. The van der Waals surface area contributed by atoms with Gasteiger partial charge in [0, 0.05) is 13.0 Å². The van der Waals surface area contributed by atoms with Crippen LogP contribution in [0.3, 0.4) is 0 Å². The fourth-order valence-electron chi connectivity index (χ4n) is 2.14. The zero-order valence-corrected chi connectivity index (χ0v) is 14.9. The second-order valence-corrected chi connectivity index (χ2v) is 5.11. The topological polar surface area (TPSA) is 122 Å². The van der Waals surface area contributed by atoms with Crippen molar-refractivity contribution in [1.29, 1.82) is 0 Å². The van der Waals surface area contributed by atoms with E-state index in [0.717, 1.165) is 6.42 Å². The van der Waals surface area contributed by atoms with Gasteiger partial charge in [-0.3, -0.25) is 24.6 Å². The van der Waals surface area contributed by atoms with Crippen molar-refractivity contribution in [3.05, 3.63) is 28.3 Å². The maximum atomic E-state index is 12.0. The Morgan fingerprint density at radius 2 is 2.04 bits per heavy atom. The van der Waals surface area contributed by atoms with Crippen LogP contribution in [0.15, 0.2) is 18.2 Å². The molecule has 9 nitrogen and oxygen atoms in total. The van der Waals surface area contributed by atoms with E-state index in [1.54, 1.807) is 4.90 Å². The molecule has 25 heavy (non-hydrogen) atoms. The standard InChI is InChI=1S/C15H21N3O6.ClH/c1-3-7-17(10-15(20)21)8-6-14(19)16-12-5-4-11(24-2)9-13(12)18(22)23;/h4-5,9H,3,6-8,10H2,1-2H3,(H,16,19)(H,20,21);1H. The average molecular weight is 376 g/mol. The molecule has 0 spiro atoms. The Kier molecular flexibility index (Phi) is 10.1. The molecule has 140 valence electrons. The predicted molar refractivity (Wildman–Crippen MR) is 94.5 cm³/mol. The van der Waals surface area contributed by atoms with E-state index in [-0.39, 0.29) is 43.3 Å². The Morgan fingerprint density at radius 1 is 1.36 bits per heavy atom. The highest BCUT2D eigenvalue weighted by Crippen LogP contribution is 2.28. The lowest BCUT2D eigenvalue weighted by molar-refractivity contribution is -0.384. The van der Waals surface area contributed by atoms with Gasteiger partial charge in [0.05, 0.1) is 24.6 Å². The third-order valence-electron chi connectivity index (χ3n) is 3.23. The Hall–Kier alpha value is -2.39. The lowest BCUT2D eigenvalue weighted by atomic mass is 10.2. The van der Waals surface area contributed by atoms with Gasteiger partial charge in [0.2, 0.25) is 5.91 Å². The summed E-state index contributed by atoms with van der Waals surface area (Å²) in [5, 5.41) is 22.4. The summed E-state index contributed by atoms with van der Waals surface area (Å²) in [6.45, 7) is 2.58. The number of carboxylic acid groups (broad SMARTS) is 1. The largest absolute Gasteiger partial charge is 0.496 e. The molecule has 0 saturated heterocycles. The van der Waals surface area contributed by atoms with Gasteiger partial charge in [-0.15, -0.1) is 12.4 Å². The van der Waals surface area contributed by atoms with Crippen LogP contribution in [0.25, 0.3) is 0 Å². The number of ether oxygens (including phenoxy) is 1. The summed E-state index contributed by atoms with van der Waals surface area (Å²) < 4.78 is 4.93. The van der Waals surface area contributed by atoms with Crippen LogP contribution in [-0.4, -0.2) is 53.6 Å². The van der Waals surface area contributed by atoms with E-state index in [9.17, 15) is 19.7 Å². The molecule has 0 bridgehead atoms. The van der Waals surface area contributed by atoms with Crippen molar-refractivity contribution in [3.63, 3.8) is 0 Å². The zero-order chi connectivity index (χ0) is 18.1. The Balaban J connectivity index is 0.00000576. The number of hydrogen-bond acceptors (Lipinski definition) is 6. The number of nitro benzene ring substituents is 1. The fourth-order valence-corrected chi connectivity index (χ4v) is 2.14. The highest BCUT2D eigenvalue weighted by atomic mass is 35.5. The van der Waals surface area contributed by atoms with Gasteiger partial charge in [0.25, 0.3) is 5.69 Å². The van der Waals surface area contributed by atoms with E-state index < -0.39 is 16.8 Å². The molecular weight excluding hydrogens is 354 g/mol. The summed E-state index contributed by atoms with van der Waals surface area (Å²) in [5.74, 6) is -1.07. The van der Waals surface area contributed by atoms with Crippen LogP contribution in [0.2, 0.25) is 0 Å². The van der Waals surface area contributed by atoms with Crippen molar-refractivity contribution >= 4 is 35.7 Å². The molecule has 1 aromatic rings. The van der Waals surface area contributed by atoms with Crippen LogP contribution < -0.4 is 10.1 Å². The quantitative estimate of drug-likeness (QED) is 0.474. The van der Waals surface area contributed by atoms with Crippen molar-refractivity contribution < 1.29 is 24.4 Å². The van der Waals surface area contributed by atoms with Crippen LogP contribution in [0, 0.1) is 10.1 Å². The third-order valence-corrected chi connectivity index (χ3v) is 3.23. The summed E-state index contributed by atoms with van der Waals surface area (Å²) >= 11 is 0. The normalized spacial score (nSPS) is 10.0. The number of benzene rings is 1. The minimum absolute atomic E-state index is 0. The highest BCUT2D eigenvalue weighted by Gasteiger charge is 2.18. The predicted octanol–water partition coefficient (Wildman–Crippen LogP) is 2.15. The van der Waals surface area contributed by atoms with Crippen molar-refractivity contribution in [2.24, 2.45) is 0 Å². The number of nitrogens with one attached hydrogen (secondary N) is 1. The first kappa shape index (κ1) is 22.6. The molecule has 0 heterocycles. The molecule has 0 radical (unpaired) electrons. The summed E-state index contributed by atoms with van der Waals surface area (Å²) in [7, 11) is 1.39. The summed E-state index contributed by atoms with van der Waals surface area (Å²) in [4.78, 5) is 34.9. The molecule has 0 atom stereocenters. The van der Waals surface area contributed by atoms with Gasteiger partial charge in [-0.25, -0.2) is 0 Å². The summed E-state index contributed by atoms with van der Waals surface area (Å²) in [6, 6.07) is 4.13. The van der Waals surface area contributed by atoms with Crippen molar-refractivity contribution in [2.45, 2.75) is 19.8 Å². The zero-order valence-electron chi connectivity index (χ0n) is 14.1. The molecule has 0 aliphatic carbocycles. The van der Waals surface area contributed by atoms with E-state index in [2.05, 4.69) is 5.32 Å². The maximum absolute atomic E-state index is 12.0. The van der Waals surface area contributed by atoms with Crippen LogP contribution >= 0.6 is 12.4 Å². The minimum atomic E-state index is -0.963. The smallest absolute Gasteiger partial charge is 0.317 e. The van der Waals surface area contributed by atoms with Crippen LogP contribution in [-0.2, 0) is 9.59 Å². The van der Waals surface area contributed by atoms with Crippen molar-refractivity contribution in [1.82, 2.24) is 4.90 Å². The SMILES string of the molecule is CCCN(CCC(=O)Nc1ccc(OC)cc1[N+](=O)[O-])CC(=O)O.Cl. The van der Waals surface area contributed by atoms with E-state index in [1.165, 1.54) is 25.3 Å². The van der Waals surface area contributed by atoms with Crippen LogP contribution in [0.1, 0.15) is 19.8 Å². The molecule has 0 aliphatic heterocycles. The third kappa shape index (κ3) is 7.81. The van der Waals surface area contributed by atoms with Crippen molar-refractivity contribution in [3.8, 4) is 5.75 Å². The number of methoxy groups -OCH3 is 1. The lowest BCUT2D eigenvalue weighted by Crippen LogP contribution is -2.33. The van der Waals surface area contributed by atoms with E-state index in [0.29, 0.717) is 12.3 Å². The van der Waals surface area contributed by atoms with Gasteiger partial charge in [0.15, 0.2) is 0 Å². The van der Waals surface area contributed by atoms with Gasteiger partial charge >= 0.3 is 5.97 Å². The number of nitro groups is 1. The number of carbonyl (C=O) groups is 2. The van der Waals surface area contributed by atoms with Gasteiger partial charge in [-0.05, 0) is 25.1 Å². The first-order chi connectivity index (χ1) is 11.4. The van der Waals surface area contributed by atoms with Gasteiger partial charge in [0.1, 0.15) is 11.4 Å². The van der Waals surface area contributed by atoms with Gasteiger partial charge < -0.3 is 15.2 Å². The summed E-state index contributed by atoms with van der Waals surface area (Å²) in [5.41, 5.74) is -0.190. The highest BCUT2D eigenvalue weighted by molar-refractivity contribution is 5.93. The molecule has 0 fully saturated rings. The molecule has 0 saturated carbocycles. The van der Waals surface area contributed by atoms with Crippen molar-refractivity contribution in [2.75, 3.05) is 32.1 Å². The molecule has 1 aromatic carbocycles. The van der Waals surface area contributed by atoms with E-state index in [1.807, 2.05) is 6.92 Å². The molecule has 1 rings (SSSR count). The molecule has 10 heteroatoms. The van der Waals surface area contributed by atoms with E-state index >= 15 is 0 Å². The molecule has 0 unspecified atom stereocenters.